The number of benzene rings is 1. The zero-order valence-corrected chi connectivity index (χ0v) is 18.8. The third-order valence-corrected chi connectivity index (χ3v) is 4.96. The number of para-hydroxylation sites is 1. The molecule has 0 aliphatic rings. The molecule has 0 aliphatic carbocycles. The Balaban J connectivity index is 1.80. The number of hydrogen-bond donors (Lipinski definition) is 2. The zero-order valence-electron chi connectivity index (χ0n) is 18.8. The molecule has 0 saturated heterocycles. The van der Waals surface area contributed by atoms with E-state index >= 15 is 0 Å². The van der Waals surface area contributed by atoms with Crippen molar-refractivity contribution in [1.82, 2.24) is 19.6 Å². The number of carbonyl (C=O) groups is 1. The SMILES string of the molecule is CC(C)C[C@H](C(=O)Cc1ccn(C[C@@H](O)CO)n1)n1ncc(Oc2c(F)cccc2F)cc1=O. The normalized spacial score (nSPS) is 13.1. The fourth-order valence-electron chi connectivity index (χ4n) is 3.37. The number of hydrogen-bond acceptors (Lipinski definition) is 7. The molecule has 3 aromatic rings. The van der Waals surface area contributed by atoms with Gasteiger partial charge in [0, 0.05) is 12.3 Å². The smallest absolute Gasteiger partial charge is 0.271 e. The van der Waals surface area contributed by atoms with Crippen molar-refractivity contribution in [2.45, 2.75) is 45.4 Å². The lowest BCUT2D eigenvalue weighted by Gasteiger charge is -2.19. The summed E-state index contributed by atoms with van der Waals surface area (Å²) in [7, 11) is 0. The van der Waals surface area contributed by atoms with Crippen molar-refractivity contribution in [2.75, 3.05) is 6.61 Å². The van der Waals surface area contributed by atoms with Crippen molar-refractivity contribution in [2.24, 2.45) is 5.92 Å². The molecular formula is C23H26F2N4O5. The second-order valence-electron chi connectivity index (χ2n) is 8.28. The van der Waals surface area contributed by atoms with Crippen LogP contribution in [-0.4, -0.2) is 48.3 Å². The van der Waals surface area contributed by atoms with Gasteiger partial charge in [-0.2, -0.15) is 10.2 Å². The van der Waals surface area contributed by atoms with Crippen LogP contribution in [0.25, 0.3) is 0 Å². The first-order valence-electron chi connectivity index (χ1n) is 10.7. The predicted molar refractivity (Wildman–Crippen MR) is 117 cm³/mol. The van der Waals surface area contributed by atoms with Crippen LogP contribution in [0.4, 0.5) is 8.78 Å². The van der Waals surface area contributed by atoms with E-state index in [9.17, 15) is 23.5 Å². The first-order valence-corrected chi connectivity index (χ1v) is 10.7. The summed E-state index contributed by atoms with van der Waals surface area (Å²) in [4.78, 5) is 25.8. The first-order chi connectivity index (χ1) is 16.2. The molecule has 0 saturated carbocycles. The maximum Gasteiger partial charge on any atom is 0.271 e. The van der Waals surface area contributed by atoms with E-state index in [0.29, 0.717) is 12.1 Å². The number of ketones is 1. The molecule has 1 aromatic carbocycles. The Morgan fingerprint density at radius 3 is 2.53 bits per heavy atom. The highest BCUT2D eigenvalue weighted by atomic mass is 19.1. The van der Waals surface area contributed by atoms with Crippen molar-refractivity contribution < 1.29 is 28.5 Å². The number of aliphatic hydroxyl groups excluding tert-OH is 2. The lowest BCUT2D eigenvalue weighted by atomic mass is 9.98. The maximum absolute atomic E-state index is 13.8. The van der Waals surface area contributed by atoms with Gasteiger partial charge < -0.3 is 14.9 Å². The number of nitrogens with zero attached hydrogens (tertiary/aromatic N) is 4. The highest BCUT2D eigenvalue weighted by molar-refractivity contribution is 5.84. The molecule has 0 fully saturated rings. The Hall–Kier alpha value is -3.44. The molecule has 9 nitrogen and oxygen atoms in total. The summed E-state index contributed by atoms with van der Waals surface area (Å²) in [6.45, 7) is 3.46. The van der Waals surface area contributed by atoms with Crippen molar-refractivity contribution in [3.05, 3.63) is 70.4 Å². The van der Waals surface area contributed by atoms with Crippen LogP contribution in [0.15, 0.2) is 47.5 Å². The van der Waals surface area contributed by atoms with E-state index in [1.165, 1.54) is 10.7 Å². The minimum atomic E-state index is -0.974. The minimum Gasteiger partial charge on any atom is -0.449 e. The molecule has 182 valence electrons. The van der Waals surface area contributed by atoms with Crippen LogP contribution < -0.4 is 10.3 Å². The second kappa shape index (κ2) is 11.1. The second-order valence-corrected chi connectivity index (χ2v) is 8.28. The number of rotatable bonds is 11. The molecule has 0 unspecified atom stereocenters. The van der Waals surface area contributed by atoms with E-state index in [1.54, 1.807) is 12.3 Å². The van der Waals surface area contributed by atoms with Crippen LogP contribution >= 0.6 is 0 Å². The summed E-state index contributed by atoms with van der Waals surface area (Å²) < 4.78 is 35.3. The number of Topliss-reactive ketones (excluding diaryl/α,β-unsaturated/α-hetero) is 1. The van der Waals surface area contributed by atoms with Crippen molar-refractivity contribution in [3.8, 4) is 11.5 Å². The van der Waals surface area contributed by atoms with E-state index in [-0.39, 0.29) is 30.4 Å². The highest BCUT2D eigenvalue weighted by Gasteiger charge is 2.25. The molecule has 2 heterocycles. The summed E-state index contributed by atoms with van der Waals surface area (Å²) in [5, 5.41) is 26.7. The fourth-order valence-corrected chi connectivity index (χ4v) is 3.37. The number of aliphatic hydroxyl groups is 2. The van der Waals surface area contributed by atoms with Gasteiger partial charge in [0.25, 0.3) is 5.56 Å². The van der Waals surface area contributed by atoms with Gasteiger partial charge in [-0.3, -0.25) is 14.3 Å². The third-order valence-electron chi connectivity index (χ3n) is 4.96. The largest absolute Gasteiger partial charge is 0.449 e. The Labute approximate surface area is 194 Å². The molecule has 34 heavy (non-hydrogen) atoms. The molecular weight excluding hydrogens is 450 g/mol. The Kier molecular flexibility index (Phi) is 8.24. The minimum absolute atomic E-state index is 0.0587. The van der Waals surface area contributed by atoms with Crippen LogP contribution in [0.5, 0.6) is 11.5 Å². The van der Waals surface area contributed by atoms with Crippen LogP contribution in [0.1, 0.15) is 32.0 Å². The van der Waals surface area contributed by atoms with Gasteiger partial charge in [-0.25, -0.2) is 13.5 Å². The molecule has 0 amide bonds. The lowest BCUT2D eigenvalue weighted by Crippen LogP contribution is -2.33. The van der Waals surface area contributed by atoms with Gasteiger partial charge in [0.05, 0.1) is 37.6 Å². The molecule has 0 bridgehead atoms. The van der Waals surface area contributed by atoms with Gasteiger partial charge in [0.2, 0.25) is 0 Å². The van der Waals surface area contributed by atoms with E-state index < -0.39 is 41.7 Å². The molecule has 0 radical (unpaired) electrons. The Bertz CT molecular complexity index is 1170. The van der Waals surface area contributed by atoms with Gasteiger partial charge >= 0.3 is 0 Å². The van der Waals surface area contributed by atoms with Crippen molar-refractivity contribution in [3.63, 3.8) is 0 Å². The fraction of sp³-hybridized carbons (Fsp3) is 0.391. The average Bonchev–Trinajstić information content (AvgIpc) is 3.21. The number of carbonyl (C=O) groups excluding carboxylic acids is 1. The topological polar surface area (TPSA) is 119 Å². The molecule has 3 rings (SSSR count). The van der Waals surface area contributed by atoms with Gasteiger partial charge in [-0.1, -0.05) is 19.9 Å². The van der Waals surface area contributed by atoms with Gasteiger partial charge in [-0.05, 0) is 30.5 Å². The average molecular weight is 476 g/mol. The van der Waals surface area contributed by atoms with Gasteiger partial charge in [-0.15, -0.1) is 0 Å². The first kappa shape index (κ1) is 25.2. The van der Waals surface area contributed by atoms with Crippen LogP contribution in [-0.2, 0) is 17.8 Å². The van der Waals surface area contributed by atoms with E-state index in [0.717, 1.165) is 29.1 Å². The summed E-state index contributed by atoms with van der Waals surface area (Å²) in [6, 6.07) is 4.98. The number of halogens is 2. The van der Waals surface area contributed by atoms with Gasteiger partial charge in [0.15, 0.2) is 28.9 Å². The maximum atomic E-state index is 13.8. The summed E-state index contributed by atoms with van der Waals surface area (Å²) in [6.07, 6.45) is 1.99. The number of aromatic nitrogens is 4. The van der Waals surface area contributed by atoms with Crippen LogP contribution in [0, 0.1) is 17.6 Å². The molecule has 2 aromatic heterocycles. The number of ether oxygens (including phenoxy) is 1. The molecule has 0 spiro atoms. The molecule has 2 atom stereocenters. The lowest BCUT2D eigenvalue weighted by molar-refractivity contribution is -0.122. The standard InChI is InChI=1S/C23H26F2N4O5/c1-14(2)8-20(21(32)9-15-6-7-28(27-15)12-16(31)13-30)29-22(33)10-17(11-26-29)34-23-18(24)4-3-5-19(23)25/h3-7,10-11,14,16,20,30-31H,8-9,12-13H2,1-2H3/t16-,20-/m1/s1. The van der Waals surface area contributed by atoms with Crippen LogP contribution in [0.2, 0.25) is 0 Å². The molecule has 2 N–H and O–H groups in total. The van der Waals surface area contributed by atoms with E-state index in [2.05, 4.69) is 10.2 Å². The van der Waals surface area contributed by atoms with E-state index in [1.807, 2.05) is 13.8 Å². The third kappa shape index (κ3) is 6.33. The van der Waals surface area contributed by atoms with E-state index in [4.69, 9.17) is 9.84 Å². The molecule has 11 heteroatoms. The predicted octanol–water partition coefficient (Wildman–Crippen LogP) is 2.26. The van der Waals surface area contributed by atoms with Gasteiger partial charge in [0.1, 0.15) is 6.04 Å². The monoisotopic (exact) mass is 476 g/mol. The zero-order chi connectivity index (χ0) is 24.8. The molecule has 0 aliphatic heterocycles. The Morgan fingerprint density at radius 1 is 1.21 bits per heavy atom. The summed E-state index contributed by atoms with van der Waals surface area (Å²) in [5.41, 5.74) is -0.225. The highest BCUT2D eigenvalue weighted by Crippen LogP contribution is 2.26. The Morgan fingerprint density at radius 2 is 1.91 bits per heavy atom. The summed E-state index contributed by atoms with van der Waals surface area (Å²) in [5.74, 6) is -2.92. The van der Waals surface area contributed by atoms with Crippen molar-refractivity contribution in [1.29, 1.82) is 0 Å². The summed E-state index contributed by atoms with van der Waals surface area (Å²) >= 11 is 0. The van der Waals surface area contributed by atoms with Crippen molar-refractivity contribution >= 4 is 5.78 Å². The van der Waals surface area contributed by atoms with Crippen LogP contribution in [0.3, 0.4) is 0 Å². The quantitative estimate of drug-likeness (QED) is 0.436.